The van der Waals surface area contributed by atoms with Crippen molar-refractivity contribution in [3.8, 4) is 28.7 Å². The van der Waals surface area contributed by atoms with E-state index in [9.17, 15) is 9.90 Å². The fraction of sp³-hybridized carbons (Fsp3) is 0.158. The molecule has 5 nitrogen and oxygen atoms in total. The van der Waals surface area contributed by atoms with Gasteiger partial charge in [0.15, 0.2) is 0 Å². The predicted octanol–water partition coefficient (Wildman–Crippen LogP) is 4.50. The van der Waals surface area contributed by atoms with Gasteiger partial charge in [-0.2, -0.15) is 5.26 Å². The van der Waals surface area contributed by atoms with Gasteiger partial charge in [0.25, 0.3) is 0 Å². The Labute approximate surface area is 148 Å². The highest BCUT2D eigenvalue weighted by atomic mass is 35.5. The lowest BCUT2D eigenvalue weighted by molar-refractivity contribution is 0.313. The first-order chi connectivity index (χ1) is 12.1. The van der Waals surface area contributed by atoms with E-state index in [2.05, 4.69) is 6.07 Å². The Kier molecular flexibility index (Phi) is 4.92. The van der Waals surface area contributed by atoms with Gasteiger partial charge in [-0.3, -0.25) is 4.79 Å². The molecule has 1 aromatic heterocycles. The molecule has 0 saturated carbocycles. The van der Waals surface area contributed by atoms with Crippen LogP contribution in [-0.2, 0) is 0 Å². The van der Waals surface area contributed by atoms with E-state index in [1.807, 2.05) is 0 Å². The zero-order valence-electron chi connectivity index (χ0n) is 13.2. The molecule has 1 N–H and O–H groups in total. The van der Waals surface area contributed by atoms with E-state index < -0.39 is 0 Å². The highest BCUT2D eigenvalue weighted by Gasteiger charge is 2.12. The fourth-order valence-electron chi connectivity index (χ4n) is 2.41. The van der Waals surface area contributed by atoms with Gasteiger partial charge < -0.3 is 14.3 Å². The predicted molar refractivity (Wildman–Crippen MR) is 94.9 cm³/mol. The number of unbranched alkanes of at least 4 members (excludes halogenated alkanes) is 1. The number of nitrogens with zero attached hydrogens (tertiary/aromatic N) is 1. The lowest BCUT2D eigenvalue weighted by atomic mass is 10.1. The Hall–Kier alpha value is -2.97. The smallest absolute Gasteiger partial charge is 0.200 e. The first kappa shape index (κ1) is 16.9. The molecule has 25 heavy (non-hydrogen) atoms. The van der Waals surface area contributed by atoms with Gasteiger partial charge in [-0.25, -0.2) is 0 Å². The molecule has 0 aliphatic carbocycles. The van der Waals surface area contributed by atoms with Crippen molar-refractivity contribution < 1.29 is 14.3 Å². The largest absolute Gasteiger partial charge is 0.506 e. The van der Waals surface area contributed by atoms with Gasteiger partial charge in [-0.15, -0.1) is 0 Å². The van der Waals surface area contributed by atoms with Gasteiger partial charge in [0, 0.05) is 12.5 Å². The summed E-state index contributed by atoms with van der Waals surface area (Å²) in [5.74, 6) is 0.530. The standard InChI is InChI=1S/C19H14ClNO4/c20-16-9-14-18(10-17(16)22)25-11-15(19(14)23)12-3-5-13(6-4-12)24-8-2-1-7-21/h3-6,9-11,22H,1-2,8H2. The Morgan fingerprint density at radius 2 is 2.00 bits per heavy atom. The maximum absolute atomic E-state index is 12.7. The Morgan fingerprint density at radius 3 is 2.72 bits per heavy atom. The summed E-state index contributed by atoms with van der Waals surface area (Å²) < 4.78 is 11.0. The van der Waals surface area contributed by atoms with E-state index in [0.717, 1.165) is 0 Å². The van der Waals surface area contributed by atoms with Crippen molar-refractivity contribution in [3.05, 3.63) is 57.9 Å². The minimum absolute atomic E-state index is 0.0954. The van der Waals surface area contributed by atoms with E-state index in [1.165, 1.54) is 18.4 Å². The Balaban J connectivity index is 1.89. The van der Waals surface area contributed by atoms with Crippen LogP contribution in [0.3, 0.4) is 0 Å². The Morgan fingerprint density at radius 1 is 1.24 bits per heavy atom. The van der Waals surface area contributed by atoms with Gasteiger partial charge in [-0.05, 0) is 30.2 Å². The summed E-state index contributed by atoms with van der Waals surface area (Å²) in [6.07, 6.45) is 2.48. The van der Waals surface area contributed by atoms with Crippen molar-refractivity contribution in [2.45, 2.75) is 12.8 Å². The first-order valence-electron chi connectivity index (χ1n) is 7.64. The summed E-state index contributed by atoms with van der Waals surface area (Å²) in [6.45, 7) is 0.465. The van der Waals surface area contributed by atoms with Crippen molar-refractivity contribution in [2.75, 3.05) is 6.61 Å². The molecule has 126 valence electrons. The number of hydrogen-bond donors (Lipinski definition) is 1. The lowest BCUT2D eigenvalue weighted by Crippen LogP contribution is -2.05. The molecule has 6 heteroatoms. The number of halogens is 1. The van der Waals surface area contributed by atoms with Crippen LogP contribution in [0.15, 0.2) is 51.9 Å². The van der Waals surface area contributed by atoms with Gasteiger partial charge in [0.1, 0.15) is 23.3 Å². The van der Waals surface area contributed by atoms with Gasteiger partial charge in [-0.1, -0.05) is 23.7 Å². The lowest BCUT2D eigenvalue weighted by Gasteiger charge is -2.07. The molecule has 3 rings (SSSR count). The molecular weight excluding hydrogens is 342 g/mol. The van der Waals surface area contributed by atoms with E-state index >= 15 is 0 Å². The normalized spacial score (nSPS) is 10.6. The summed E-state index contributed by atoms with van der Waals surface area (Å²) in [7, 11) is 0. The number of hydrogen-bond acceptors (Lipinski definition) is 5. The van der Waals surface area contributed by atoms with E-state index in [4.69, 9.17) is 26.0 Å². The third-order valence-electron chi connectivity index (χ3n) is 3.71. The van der Waals surface area contributed by atoms with Crippen molar-refractivity contribution in [2.24, 2.45) is 0 Å². The topological polar surface area (TPSA) is 83.5 Å². The molecular formula is C19H14ClNO4. The highest BCUT2D eigenvalue weighted by molar-refractivity contribution is 6.32. The molecule has 3 aromatic rings. The van der Waals surface area contributed by atoms with Gasteiger partial charge in [0.05, 0.1) is 28.6 Å². The number of aromatic hydroxyl groups is 1. The molecule has 2 aromatic carbocycles. The average molecular weight is 356 g/mol. The van der Waals surface area contributed by atoms with Gasteiger partial charge in [0.2, 0.25) is 5.43 Å². The van der Waals surface area contributed by atoms with Crippen LogP contribution in [0.5, 0.6) is 11.5 Å². The molecule has 0 fully saturated rings. The van der Waals surface area contributed by atoms with Crippen LogP contribution in [0.25, 0.3) is 22.1 Å². The minimum atomic E-state index is -0.231. The maximum atomic E-state index is 12.7. The summed E-state index contributed by atoms with van der Waals surface area (Å²) >= 11 is 5.88. The van der Waals surface area contributed by atoms with Gasteiger partial charge >= 0.3 is 0 Å². The number of phenols is 1. The second-order valence-electron chi connectivity index (χ2n) is 5.41. The zero-order valence-corrected chi connectivity index (χ0v) is 13.9. The number of nitriles is 1. The van der Waals surface area contributed by atoms with Crippen LogP contribution in [0.4, 0.5) is 0 Å². The van der Waals surface area contributed by atoms with Crippen molar-refractivity contribution in [1.82, 2.24) is 0 Å². The van der Waals surface area contributed by atoms with Crippen LogP contribution < -0.4 is 10.2 Å². The van der Waals surface area contributed by atoms with Crippen LogP contribution in [0, 0.1) is 11.3 Å². The molecule has 0 aliphatic heterocycles. The maximum Gasteiger partial charge on any atom is 0.200 e. The number of rotatable bonds is 5. The van der Waals surface area contributed by atoms with Crippen LogP contribution in [0.2, 0.25) is 5.02 Å². The fourth-order valence-corrected chi connectivity index (χ4v) is 2.57. The number of ether oxygens (including phenoxy) is 1. The van der Waals surface area contributed by atoms with E-state index in [0.29, 0.717) is 41.7 Å². The molecule has 0 atom stereocenters. The SMILES string of the molecule is N#CCCCOc1ccc(-c2coc3cc(O)c(Cl)cc3c2=O)cc1. The molecule has 0 spiro atoms. The van der Waals surface area contributed by atoms with E-state index in [1.54, 1.807) is 24.3 Å². The van der Waals surface area contributed by atoms with Crippen LogP contribution >= 0.6 is 11.6 Å². The third kappa shape index (κ3) is 3.59. The summed E-state index contributed by atoms with van der Waals surface area (Å²) in [5.41, 5.74) is 1.12. The molecule has 0 saturated heterocycles. The summed E-state index contributed by atoms with van der Waals surface area (Å²) in [5, 5.41) is 18.5. The Bertz CT molecular complexity index is 1000. The molecule has 0 unspecified atom stereocenters. The number of fused-ring (bicyclic) bond motifs is 1. The second kappa shape index (κ2) is 7.29. The number of benzene rings is 2. The molecule has 0 radical (unpaired) electrons. The quantitative estimate of drug-likeness (QED) is 0.681. The number of phenolic OH excluding ortho intramolecular Hbond substituents is 1. The minimum Gasteiger partial charge on any atom is -0.506 e. The monoisotopic (exact) mass is 355 g/mol. The molecule has 0 bridgehead atoms. The van der Waals surface area contributed by atoms with Crippen molar-refractivity contribution in [3.63, 3.8) is 0 Å². The molecule has 1 heterocycles. The summed E-state index contributed by atoms with van der Waals surface area (Å²) in [6, 6.07) is 11.8. The van der Waals surface area contributed by atoms with E-state index in [-0.39, 0.29) is 21.8 Å². The first-order valence-corrected chi connectivity index (χ1v) is 8.02. The van der Waals surface area contributed by atoms with Crippen molar-refractivity contribution in [1.29, 1.82) is 5.26 Å². The second-order valence-corrected chi connectivity index (χ2v) is 5.82. The summed E-state index contributed by atoms with van der Waals surface area (Å²) in [4.78, 5) is 12.7. The average Bonchev–Trinajstić information content (AvgIpc) is 2.62. The molecule has 0 amide bonds. The molecule has 0 aliphatic rings. The van der Waals surface area contributed by atoms with Crippen LogP contribution in [0.1, 0.15) is 12.8 Å². The van der Waals surface area contributed by atoms with Crippen molar-refractivity contribution >= 4 is 22.6 Å². The third-order valence-corrected chi connectivity index (χ3v) is 4.01. The van der Waals surface area contributed by atoms with Crippen LogP contribution in [-0.4, -0.2) is 11.7 Å². The highest BCUT2D eigenvalue weighted by Crippen LogP contribution is 2.29. The zero-order chi connectivity index (χ0) is 17.8.